The van der Waals surface area contributed by atoms with Gasteiger partial charge in [-0.3, -0.25) is 14.7 Å². The van der Waals surface area contributed by atoms with E-state index in [0.29, 0.717) is 17.7 Å². The van der Waals surface area contributed by atoms with Crippen LogP contribution < -0.4 is 0 Å². The van der Waals surface area contributed by atoms with E-state index in [1.165, 1.54) is 19.4 Å². The van der Waals surface area contributed by atoms with Crippen LogP contribution in [0.3, 0.4) is 0 Å². The van der Waals surface area contributed by atoms with Crippen LogP contribution in [0.2, 0.25) is 0 Å². The Hall–Kier alpha value is -1.68. The van der Waals surface area contributed by atoms with Crippen molar-refractivity contribution in [3.05, 3.63) is 42.2 Å². The molecule has 1 aromatic rings. The predicted molar refractivity (Wildman–Crippen MR) is 96.7 cm³/mol. The van der Waals surface area contributed by atoms with E-state index in [9.17, 15) is 4.79 Å². The molecule has 0 radical (unpaired) electrons. The zero-order chi connectivity index (χ0) is 16.8. The minimum Gasteiger partial charge on any atom is -0.342 e. The van der Waals surface area contributed by atoms with Gasteiger partial charge in [0, 0.05) is 56.3 Å². The Balaban J connectivity index is 1.60. The van der Waals surface area contributed by atoms with Gasteiger partial charge in [-0.2, -0.15) is 0 Å². The molecule has 2 saturated heterocycles. The van der Waals surface area contributed by atoms with Crippen molar-refractivity contribution in [2.24, 2.45) is 5.41 Å². The van der Waals surface area contributed by atoms with Crippen LogP contribution in [0.5, 0.6) is 0 Å². The molecule has 0 aliphatic carbocycles. The van der Waals surface area contributed by atoms with Gasteiger partial charge < -0.3 is 4.90 Å². The van der Waals surface area contributed by atoms with Crippen LogP contribution >= 0.6 is 0 Å². The number of rotatable bonds is 5. The number of nitrogens with zero attached hydrogens (tertiary/aromatic N) is 3. The molecular formula is C20H29N3O. The topological polar surface area (TPSA) is 36.4 Å². The molecule has 3 heterocycles. The maximum Gasteiger partial charge on any atom is 0.222 e. The quantitative estimate of drug-likeness (QED) is 0.780. The molecule has 1 unspecified atom stereocenters. The van der Waals surface area contributed by atoms with Crippen LogP contribution in [0.15, 0.2) is 36.5 Å². The van der Waals surface area contributed by atoms with Crippen LogP contribution in [0.1, 0.15) is 38.3 Å². The highest BCUT2D eigenvalue weighted by atomic mass is 16.2. The lowest BCUT2D eigenvalue weighted by atomic mass is 9.73. The second kappa shape index (κ2) is 7.93. The van der Waals surface area contributed by atoms with Crippen molar-refractivity contribution < 1.29 is 4.79 Å². The normalized spacial score (nSPS) is 25.7. The molecule has 1 atom stereocenters. The van der Waals surface area contributed by atoms with Gasteiger partial charge >= 0.3 is 0 Å². The van der Waals surface area contributed by atoms with Gasteiger partial charge in [0.2, 0.25) is 5.91 Å². The Morgan fingerprint density at radius 3 is 3.00 bits per heavy atom. The maximum absolute atomic E-state index is 12.4. The standard InChI is InChI=1S/C20H29N3O/c1-2-3-13-22-14-6-10-20(16-22)11-8-19(24)23(17-20)15-9-18-7-4-5-12-21-18/h2-5,7,12H,6,8-11,13-17H2,1H3. The molecule has 1 spiro atoms. The van der Waals surface area contributed by atoms with Crippen molar-refractivity contribution in [2.45, 2.75) is 39.0 Å². The summed E-state index contributed by atoms with van der Waals surface area (Å²) in [6.07, 6.45) is 11.3. The average molecular weight is 327 g/mol. The molecule has 0 aromatic carbocycles. The summed E-state index contributed by atoms with van der Waals surface area (Å²) < 4.78 is 0. The third-order valence-corrected chi connectivity index (χ3v) is 5.45. The minimum absolute atomic E-state index is 0.303. The first-order chi connectivity index (χ1) is 11.7. The van der Waals surface area contributed by atoms with Gasteiger partial charge in [-0.15, -0.1) is 0 Å². The molecule has 4 nitrogen and oxygen atoms in total. The van der Waals surface area contributed by atoms with Crippen molar-refractivity contribution in [2.75, 3.05) is 32.7 Å². The summed E-state index contributed by atoms with van der Waals surface area (Å²) in [7, 11) is 0. The Labute approximate surface area is 145 Å². The summed E-state index contributed by atoms with van der Waals surface area (Å²) in [6.45, 7) is 7.16. The molecule has 4 heteroatoms. The van der Waals surface area contributed by atoms with Crippen LogP contribution in [-0.4, -0.2) is 53.4 Å². The summed E-state index contributed by atoms with van der Waals surface area (Å²) in [5.41, 5.74) is 1.38. The predicted octanol–water partition coefficient (Wildman–Crippen LogP) is 2.90. The molecule has 2 aliphatic rings. The lowest BCUT2D eigenvalue weighted by Gasteiger charge is -2.48. The van der Waals surface area contributed by atoms with E-state index >= 15 is 0 Å². The Morgan fingerprint density at radius 1 is 1.29 bits per heavy atom. The smallest absolute Gasteiger partial charge is 0.222 e. The summed E-state index contributed by atoms with van der Waals surface area (Å²) >= 11 is 0. The van der Waals surface area contributed by atoms with Gasteiger partial charge in [0.15, 0.2) is 0 Å². The minimum atomic E-state index is 0.303. The largest absolute Gasteiger partial charge is 0.342 e. The van der Waals surface area contributed by atoms with E-state index in [4.69, 9.17) is 0 Å². The van der Waals surface area contributed by atoms with Crippen molar-refractivity contribution in [3.8, 4) is 0 Å². The zero-order valence-electron chi connectivity index (χ0n) is 14.8. The second-order valence-corrected chi connectivity index (χ2v) is 7.29. The molecule has 24 heavy (non-hydrogen) atoms. The van der Waals surface area contributed by atoms with E-state index < -0.39 is 0 Å². The van der Waals surface area contributed by atoms with Gasteiger partial charge in [-0.25, -0.2) is 0 Å². The molecular weight excluding hydrogens is 298 g/mol. The second-order valence-electron chi connectivity index (χ2n) is 7.29. The summed E-state index contributed by atoms with van der Waals surface area (Å²) in [6, 6.07) is 6.00. The molecule has 0 N–H and O–H groups in total. The molecule has 3 rings (SSSR count). The van der Waals surface area contributed by atoms with Gasteiger partial charge in [-0.05, 0) is 44.9 Å². The number of aromatic nitrogens is 1. The summed E-state index contributed by atoms with van der Waals surface area (Å²) in [5.74, 6) is 0.321. The van der Waals surface area contributed by atoms with Crippen LogP contribution in [0.4, 0.5) is 0 Å². The van der Waals surface area contributed by atoms with Crippen molar-refractivity contribution in [3.63, 3.8) is 0 Å². The number of amides is 1. The van der Waals surface area contributed by atoms with Gasteiger partial charge in [0.1, 0.15) is 0 Å². The molecule has 2 fully saturated rings. The van der Waals surface area contributed by atoms with E-state index in [1.54, 1.807) is 0 Å². The number of carbonyl (C=O) groups excluding carboxylic acids is 1. The first kappa shape index (κ1) is 17.2. The molecule has 0 bridgehead atoms. The maximum atomic E-state index is 12.4. The lowest BCUT2D eigenvalue weighted by molar-refractivity contribution is -0.139. The molecule has 1 amide bonds. The number of likely N-dealkylation sites (tertiary alicyclic amines) is 2. The number of pyridine rings is 1. The number of piperidine rings is 2. The molecule has 130 valence electrons. The highest BCUT2D eigenvalue weighted by molar-refractivity contribution is 5.77. The number of hydrogen-bond donors (Lipinski definition) is 0. The van der Waals surface area contributed by atoms with E-state index in [1.807, 2.05) is 24.4 Å². The Bertz CT molecular complexity index is 572. The SMILES string of the molecule is CC=CCN1CCCC2(CCC(=O)N(CCc3ccccn3)C2)C1. The number of carbonyl (C=O) groups is 1. The third kappa shape index (κ3) is 4.23. The highest BCUT2D eigenvalue weighted by Crippen LogP contribution is 2.38. The van der Waals surface area contributed by atoms with Crippen molar-refractivity contribution in [1.29, 1.82) is 0 Å². The number of hydrogen-bond acceptors (Lipinski definition) is 3. The molecule has 2 aliphatic heterocycles. The van der Waals surface area contributed by atoms with Gasteiger partial charge in [0.05, 0.1) is 0 Å². The van der Waals surface area contributed by atoms with E-state index in [-0.39, 0.29) is 0 Å². The first-order valence-electron chi connectivity index (χ1n) is 9.22. The van der Waals surface area contributed by atoms with Crippen LogP contribution in [-0.2, 0) is 11.2 Å². The summed E-state index contributed by atoms with van der Waals surface area (Å²) in [5, 5.41) is 0. The van der Waals surface area contributed by atoms with Crippen LogP contribution in [0.25, 0.3) is 0 Å². The average Bonchev–Trinajstić information content (AvgIpc) is 2.62. The number of allylic oxidation sites excluding steroid dienone is 1. The molecule has 0 saturated carbocycles. The monoisotopic (exact) mass is 327 g/mol. The van der Waals surface area contributed by atoms with Crippen molar-refractivity contribution >= 4 is 5.91 Å². The summed E-state index contributed by atoms with van der Waals surface area (Å²) in [4.78, 5) is 21.4. The lowest BCUT2D eigenvalue weighted by Crippen LogP contribution is -2.54. The fraction of sp³-hybridized carbons (Fsp3) is 0.600. The third-order valence-electron chi connectivity index (χ3n) is 5.45. The highest BCUT2D eigenvalue weighted by Gasteiger charge is 2.41. The molecule has 1 aromatic heterocycles. The van der Waals surface area contributed by atoms with E-state index in [2.05, 4.69) is 33.9 Å². The van der Waals surface area contributed by atoms with Crippen LogP contribution in [0, 0.1) is 5.41 Å². The first-order valence-corrected chi connectivity index (χ1v) is 9.22. The van der Waals surface area contributed by atoms with Gasteiger partial charge in [-0.1, -0.05) is 18.2 Å². The van der Waals surface area contributed by atoms with Gasteiger partial charge in [0.25, 0.3) is 0 Å². The van der Waals surface area contributed by atoms with Crippen molar-refractivity contribution in [1.82, 2.24) is 14.8 Å². The van der Waals surface area contributed by atoms with E-state index in [0.717, 1.165) is 44.7 Å². The Kier molecular flexibility index (Phi) is 5.67. The Morgan fingerprint density at radius 2 is 2.21 bits per heavy atom. The fourth-order valence-electron chi connectivity index (χ4n) is 4.16. The zero-order valence-corrected chi connectivity index (χ0v) is 14.8. The fourth-order valence-corrected chi connectivity index (χ4v) is 4.16.